The first-order chi connectivity index (χ1) is 12.1. The molecule has 0 aliphatic carbocycles. The molecule has 25 heavy (non-hydrogen) atoms. The van der Waals surface area contributed by atoms with Crippen molar-refractivity contribution in [1.29, 1.82) is 0 Å². The van der Waals surface area contributed by atoms with Crippen LogP contribution in [0.5, 0.6) is 0 Å². The monoisotopic (exact) mass is 339 g/mol. The summed E-state index contributed by atoms with van der Waals surface area (Å²) >= 11 is 0. The van der Waals surface area contributed by atoms with Gasteiger partial charge in [0.25, 0.3) is 5.91 Å². The quantitative estimate of drug-likeness (QED) is 0.764. The number of hydrogen-bond donors (Lipinski definition) is 1. The van der Waals surface area contributed by atoms with Crippen molar-refractivity contribution in [1.82, 2.24) is 24.6 Å². The summed E-state index contributed by atoms with van der Waals surface area (Å²) in [4.78, 5) is 32.6. The maximum Gasteiger partial charge on any atom is 0.343 e. The molecule has 0 unspecified atom stereocenters. The Balaban J connectivity index is 1.51. The van der Waals surface area contributed by atoms with Gasteiger partial charge in [0, 0.05) is 26.4 Å². The molecule has 128 valence electrons. The van der Waals surface area contributed by atoms with Gasteiger partial charge in [-0.1, -0.05) is 30.3 Å². The van der Waals surface area contributed by atoms with Gasteiger partial charge in [-0.05, 0) is 5.56 Å². The lowest BCUT2D eigenvalue weighted by Crippen LogP contribution is -2.36. The topological polar surface area (TPSA) is 97.0 Å². The lowest BCUT2D eigenvalue weighted by atomic mass is 10.1. The van der Waals surface area contributed by atoms with Crippen LogP contribution in [0.3, 0.4) is 0 Å². The Labute approximate surface area is 143 Å². The number of hydrogen-bond acceptors (Lipinski definition) is 5. The average Bonchev–Trinajstić information content (AvgIpc) is 3.17. The van der Waals surface area contributed by atoms with E-state index in [0.29, 0.717) is 31.8 Å². The predicted molar refractivity (Wildman–Crippen MR) is 88.0 cm³/mol. The van der Waals surface area contributed by atoms with E-state index in [2.05, 4.69) is 15.1 Å². The summed E-state index contributed by atoms with van der Waals surface area (Å²) < 4.78 is 6.95. The van der Waals surface area contributed by atoms with E-state index in [1.165, 1.54) is 7.05 Å². The number of aromatic nitrogens is 4. The van der Waals surface area contributed by atoms with Gasteiger partial charge in [-0.15, -0.1) is 5.10 Å². The van der Waals surface area contributed by atoms with Crippen molar-refractivity contribution in [3.8, 4) is 0 Å². The molecule has 2 aromatic heterocycles. The number of aromatic amines is 1. The van der Waals surface area contributed by atoms with Gasteiger partial charge in [0.05, 0.1) is 6.54 Å². The van der Waals surface area contributed by atoms with Crippen LogP contribution in [0.15, 0.2) is 39.5 Å². The van der Waals surface area contributed by atoms with Crippen LogP contribution in [0.1, 0.15) is 33.5 Å². The van der Waals surface area contributed by atoms with Gasteiger partial charge in [-0.3, -0.25) is 9.78 Å². The first-order valence-corrected chi connectivity index (χ1v) is 8.04. The van der Waals surface area contributed by atoms with Crippen LogP contribution < -0.4 is 5.69 Å². The Bertz CT molecular complexity index is 970. The summed E-state index contributed by atoms with van der Waals surface area (Å²) in [5.74, 6) is 1.21. The van der Waals surface area contributed by atoms with E-state index < -0.39 is 5.69 Å². The molecule has 0 spiro atoms. The average molecular weight is 339 g/mol. The second kappa shape index (κ2) is 6.04. The minimum Gasteiger partial charge on any atom is -0.445 e. The molecule has 4 rings (SSSR count). The van der Waals surface area contributed by atoms with Crippen LogP contribution in [-0.2, 0) is 26.4 Å². The van der Waals surface area contributed by atoms with Crippen molar-refractivity contribution in [2.45, 2.75) is 19.4 Å². The number of nitrogens with one attached hydrogen (secondary N) is 1. The molecule has 0 atom stereocenters. The van der Waals surface area contributed by atoms with Crippen molar-refractivity contribution >= 4 is 5.91 Å². The molecule has 3 heterocycles. The van der Waals surface area contributed by atoms with Gasteiger partial charge < -0.3 is 9.32 Å². The fraction of sp³-hybridized carbons (Fsp3) is 0.294. The fourth-order valence-corrected chi connectivity index (χ4v) is 2.92. The Morgan fingerprint density at radius 1 is 1.32 bits per heavy atom. The summed E-state index contributed by atoms with van der Waals surface area (Å²) in [5, 5.41) is 3.92. The van der Waals surface area contributed by atoms with Gasteiger partial charge in [0.2, 0.25) is 5.82 Å². The molecule has 0 bridgehead atoms. The molecule has 0 fully saturated rings. The van der Waals surface area contributed by atoms with E-state index in [0.717, 1.165) is 21.7 Å². The number of rotatable bonds is 3. The summed E-state index contributed by atoms with van der Waals surface area (Å²) in [6.45, 7) is 0.857. The number of oxazole rings is 1. The molecule has 1 N–H and O–H groups in total. The van der Waals surface area contributed by atoms with Crippen LogP contribution in [0.25, 0.3) is 0 Å². The standard InChI is InChI=1S/C17H17N5O3/c1-21-17(24)19-15(20-21)16(23)22-8-7-13-12(10-22)18-14(25-13)9-11-5-3-2-4-6-11/h2-6H,7-10H2,1H3,(H,19,20,24). The highest BCUT2D eigenvalue weighted by Crippen LogP contribution is 2.22. The Morgan fingerprint density at radius 2 is 2.12 bits per heavy atom. The zero-order valence-electron chi connectivity index (χ0n) is 13.7. The van der Waals surface area contributed by atoms with Gasteiger partial charge in [-0.25, -0.2) is 14.5 Å². The Morgan fingerprint density at radius 3 is 2.84 bits per heavy atom. The van der Waals surface area contributed by atoms with Crippen LogP contribution in [-0.4, -0.2) is 37.1 Å². The SMILES string of the molecule is Cn1nc(C(=O)N2CCc3oc(Cc4ccccc4)nc3C2)[nH]c1=O. The van der Waals surface area contributed by atoms with Gasteiger partial charge in [0.1, 0.15) is 11.5 Å². The van der Waals surface area contributed by atoms with E-state index in [4.69, 9.17) is 4.42 Å². The summed E-state index contributed by atoms with van der Waals surface area (Å²) in [5.41, 5.74) is 1.48. The lowest BCUT2D eigenvalue weighted by Gasteiger charge is -2.24. The Kier molecular flexibility index (Phi) is 3.72. The molecule has 8 heteroatoms. The maximum absolute atomic E-state index is 12.5. The number of carbonyl (C=O) groups is 1. The van der Waals surface area contributed by atoms with Crippen molar-refractivity contribution in [3.63, 3.8) is 0 Å². The second-order valence-corrected chi connectivity index (χ2v) is 6.02. The lowest BCUT2D eigenvalue weighted by molar-refractivity contribution is 0.0715. The summed E-state index contributed by atoms with van der Waals surface area (Å²) in [6.07, 6.45) is 1.22. The van der Waals surface area contributed by atoms with Crippen molar-refractivity contribution < 1.29 is 9.21 Å². The van der Waals surface area contributed by atoms with E-state index in [-0.39, 0.29) is 11.7 Å². The molecule has 1 amide bonds. The molecule has 8 nitrogen and oxygen atoms in total. The number of H-pyrrole nitrogens is 1. The predicted octanol–water partition coefficient (Wildman–Crippen LogP) is 0.886. The molecule has 1 aromatic carbocycles. The highest BCUT2D eigenvalue weighted by atomic mass is 16.4. The number of carbonyl (C=O) groups excluding carboxylic acids is 1. The van der Waals surface area contributed by atoms with E-state index >= 15 is 0 Å². The van der Waals surface area contributed by atoms with Crippen molar-refractivity contribution in [3.05, 3.63) is 69.5 Å². The van der Waals surface area contributed by atoms with E-state index in [1.807, 2.05) is 30.3 Å². The van der Waals surface area contributed by atoms with Crippen molar-refractivity contribution in [2.75, 3.05) is 6.54 Å². The molecule has 1 aliphatic heterocycles. The van der Waals surface area contributed by atoms with Gasteiger partial charge in [0.15, 0.2) is 5.89 Å². The number of aryl methyl sites for hydroxylation is 1. The molecule has 0 saturated carbocycles. The highest BCUT2D eigenvalue weighted by molar-refractivity contribution is 5.90. The fourth-order valence-electron chi connectivity index (χ4n) is 2.92. The zero-order valence-corrected chi connectivity index (χ0v) is 13.7. The summed E-state index contributed by atoms with van der Waals surface area (Å²) in [7, 11) is 1.50. The Hall–Kier alpha value is -3.16. The highest BCUT2D eigenvalue weighted by Gasteiger charge is 2.28. The third-order valence-corrected chi connectivity index (χ3v) is 4.23. The molecular weight excluding hydrogens is 322 g/mol. The van der Waals surface area contributed by atoms with Gasteiger partial charge in [-0.2, -0.15) is 0 Å². The normalized spacial score (nSPS) is 13.7. The number of benzene rings is 1. The second-order valence-electron chi connectivity index (χ2n) is 6.02. The number of fused-ring (bicyclic) bond motifs is 1. The van der Waals surface area contributed by atoms with Crippen LogP contribution >= 0.6 is 0 Å². The maximum atomic E-state index is 12.5. The molecular formula is C17H17N5O3. The van der Waals surface area contributed by atoms with Gasteiger partial charge >= 0.3 is 5.69 Å². The minimum atomic E-state index is -0.410. The first-order valence-electron chi connectivity index (χ1n) is 8.04. The minimum absolute atomic E-state index is 0.0453. The third kappa shape index (κ3) is 2.98. The van der Waals surface area contributed by atoms with E-state index in [1.54, 1.807) is 4.90 Å². The van der Waals surface area contributed by atoms with E-state index in [9.17, 15) is 9.59 Å². The number of nitrogens with zero attached hydrogens (tertiary/aromatic N) is 4. The van der Waals surface area contributed by atoms with Crippen LogP contribution in [0, 0.1) is 0 Å². The summed E-state index contributed by atoms with van der Waals surface area (Å²) in [6, 6.07) is 9.97. The third-order valence-electron chi connectivity index (χ3n) is 4.23. The van der Waals surface area contributed by atoms with Crippen LogP contribution in [0.4, 0.5) is 0 Å². The molecule has 1 aliphatic rings. The largest absolute Gasteiger partial charge is 0.445 e. The zero-order chi connectivity index (χ0) is 17.4. The molecule has 0 radical (unpaired) electrons. The molecule has 3 aromatic rings. The van der Waals surface area contributed by atoms with Crippen molar-refractivity contribution in [2.24, 2.45) is 7.05 Å². The number of amides is 1. The van der Waals surface area contributed by atoms with Crippen LogP contribution in [0.2, 0.25) is 0 Å². The first kappa shape index (κ1) is 15.4. The molecule has 0 saturated heterocycles. The smallest absolute Gasteiger partial charge is 0.343 e.